The van der Waals surface area contributed by atoms with Crippen LogP contribution < -0.4 is 21.1 Å². The molecule has 0 spiro atoms. The summed E-state index contributed by atoms with van der Waals surface area (Å²) in [5, 5.41) is 8.83. The molecule has 263 valence electrons. The molecule has 56 heavy (non-hydrogen) atoms. The quantitative estimate of drug-likeness (QED) is 0.183. The van der Waals surface area contributed by atoms with Gasteiger partial charge in [-0.2, -0.15) is 0 Å². The Morgan fingerprint density at radius 1 is 0.589 bits per heavy atom. The Morgan fingerprint density at radius 3 is 2.25 bits per heavy atom. The molecule has 0 atom stereocenters. The molecule has 0 fully saturated rings. The molecule has 0 aliphatic carbocycles. The molecule has 0 amide bonds. The minimum absolute atomic E-state index is 0.159. The molecule has 2 aliphatic rings. The number of para-hydroxylation sites is 3. The van der Waals surface area contributed by atoms with Gasteiger partial charge in [0.2, 0.25) is 0 Å². The molecule has 2 aliphatic heterocycles. The number of thiophene rings is 1. The Balaban J connectivity index is 1.17. The third-order valence-electron chi connectivity index (χ3n) is 12.1. The maximum Gasteiger partial charge on any atom is 0.197 e. The Morgan fingerprint density at radius 2 is 1.34 bits per heavy atom. The molecule has 0 saturated heterocycles. The molecule has 5 heteroatoms. The first-order valence-electron chi connectivity index (χ1n) is 19.3. The van der Waals surface area contributed by atoms with E-state index < -0.39 is 0 Å². The lowest BCUT2D eigenvalue weighted by molar-refractivity contribution is 0.632. The van der Waals surface area contributed by atoms with Gasteiger partial charge >= 0.3 is 0 Å². The number of nitrogens with zero attached hydrogens (tertiary/aromatic N) is 1. The predicted molar refractivity (Wildman–Crippen MR) is 239 cm³/mol. The number of hydrogen-bond acceptors (Lipinski definition) is 4. The summed E-state index contributed by atoms with van der Waals surface area (Å²) in [5.41, 5.74) is 17.0. The molecule has 8 aromatic carbocycles. The van der Waals surface area contributed by atoms with E-state index in [4.69, 9.17) is 4.42 Å². The molecule has 1 radical (unpaired) electrons. The van der Waals surface area contributed by atoms with Crippen molar-refractivity contribution in [2.24, 2.45) is 0 Å². The van der Waals surface area contributed by atoms with Crippen molar-refractivity contribution >= 4 is 100 Å². The Labute approximate surface area is 329 Å². The topological polar surface area (TPSA) is 28.4 Å². The fourth-order valence-electron chi connectivity index (χ4n) is 9.47. The van der Waals surface area contributed by atoms with Crippen molar-refractivity contribution in [2.75, 3.05) is 10.2 Å². The van der Waals surface area contributed by atoms with Crippen molar-refractivity contribution in [3.8, 4) is 22.3 Å². The van der Waals surface area contributed by atoms with Gasteiger partial charge in [0.1, 0.15) is 11.2 Å². The molecule has 1 N–H and O–H groups in total. The van der Waals surface area contributed by atoms with E-state index in [-0.39, 0.29) is 5.41 Å². The van der Waals surface area contributed by atoms with E-state index in [9.17, 15) is 0 Å². The van der Waals surface area contributed by atoms with Gasteiger partial charge in [0.05, 0.1) is 16.1 Å². The van der Waals surface area contributed by atoms with Crippen molar-refractivity contribution < 1.29 is 4.42 Å². The van der Waals surface area contributed by atoms with Crippen molar-refractivity contribution in [1.29, 1.82) is 0 Å². The third kappa shape index (κ3) is 4.46. The van der Waals surface area contributed by atoms with Crippen LogP contribution in [0.5, 0.6) is 0 Å². The second kappa shape index (κ2) is 11.7. The molecule has 0 unspecified atom stereocenters. The first kappa shape index (κ1) is 31.8. The van der Waals surface area contributed by atoms with Crippen LogP contribution in [0.25, 0.3) is 64.4 Å². The maximum absolute atomic E-state index is 6.82. The largest absolute Gasteiger partial charge is 0.456 e. The third-order valence-corrected chi connectivity index (χ3v) is 13.3. The Bertz CT molecular complexity index is 3250. The molecule has 12 rings (SSSR count). The normalized spacial score (nSPS) is 13.8. The maximum atomic E-state index is 6.82. The minimum atomic E-state index is -0.159. The van der Waals surface area contributed by atoms with Crippen LogP contribution in [0.1, 0.15) is 25.0 Å². The van der Waals surface area contributed by atoms with Crippen molar-refractivity contribution in [3.05, 3.63) is 175 Å². The summed E-state index contributed by atoms with van der Waals surface area (Å²) in [5.74, 6) is 0. The van der Waals surface area contributed by atoms with Gasteiger partial charge in [-0.15, -0.1) is 11.3 Å². The van der Waals surface area contributed by atoms with E-state index in [1.165, 1.54) is 59.2 Å². The summed E-state index contributed by atoms with van der Waals surface area (Å²) in [6, 6.07) is 59.4. The summed E-state index contributed by atoms with van der Waals surface area (Å²) < 4.78 is 9.36. The van der Waals surface area contributed by atoms with Crippen molar-refractivity contribution in [1.82, 2.24) is 0 Å². The van der Waals surface area contributed by atoms with Gasteiger partial charge in [-0.1, -0.05) is 147 Å². The van der Waals surface area contributed by atoms with Crippen LogP contribution in [-0.2, 0) is 5.41 Å². The van der Waals surface area contributed by atoms with Gasteiger partial charge in [0, 0.05) is 60.4 Å². The monoisotopic (exact) mass is 733 g/mol. The fourth-order valence-corrected chi connectivity index (χ4v) is 10.6. The molecular formula is C51H34BN2OS. The number of benzene rings is 8. The molecule has 3 nitrogen and oxygen atoms in total. The zero-order valence-corrected chi connectivity index (χ0v) is 31.7. The highest BCUT2D eigenvalue weighted by Crippen LogP contribution is 2.54. The predicted octanol–water partition coefficient (Wildman–Crippen LogP) is 13.1. The Kier molecular flexibility index (Phi) is 6.65. The van der Waals surface area contributed by atoms with E-state index in [1.807, 2.05) is 11.3 Å². The van der Waals surface area contributed by atoms with Gasteiger partial charge in [0.15, 0.2) is 7.28 Å². The lowest BCUT2D eigenvalue weighted by Gasteiger charge is -2.46. The van der Waals surface area contributed by atoms with E-state index in [0.29, 0.717) is 0 Å². The highest BCUT2D eigenvalue weighted by atomic mass is 32.1. The van der Waals surface area contributed by atoms with Crippen LogP contribution in [0.15, 0.2) is 168 Å². The first-order chi connectivity index (χ1) is 27.5. The van der Waals surface area contributed by atoms with E-state index >= 15 is 0 Å². The number of rotatable bonds is 4. The van der Waals surface area contributed by atoms with Crippen LogP contribution in [0.4, 0.5) is 28.4 Å². The number of nitrogens with one attached hydrogen (secondary N) is 1. The average molecular weight is 734 g/mol. The number of hydrogen-bond donors (Lipinski definition) is 1. The second-order valence-corrected chi connectivity index (χ2v) is 16.6. The minimum Gasteiger partial charge on any atom is -0.456 e. The molecule has 0 saturated carbocycles. The fraction of sp³-hybridized carbons (Fsp3) is 0.0588. The van der Waals surface area contributed by atoms with Crippen LogP contribution >= 0.6 is 11.3 Å². The van der Waals surface area contributed by atoms with Gasteiger partial charge in [0.25, 0.3) is 0 Å². The van der Waals surface area contributed by atoms with Crippen LogP contribution in [0, 0.1) is 0 Å². The van der Waals surface area contributed by atoms with E-state index in [2.05, 4.69) is 195 Å². The highest BCUT2D eigenvalue weighted by Gasteiger charge is 2.41. The van der Waals surface area contributed by atoms with Gasteiger partial charge in [-0.3, -0.25) is 0 Å². The summed E-state index contributed by atoms with van der Waals surface area (Å²) >= 11 is 1.84. The number of anilines is 5. The second-order valence-electron chi connectivity index (χ2n) is 15.6. The highest BCUT2D eigenvalue weighted by molar-refractivity contribution is 7.26. The smallest absolute Gasteiger partial charge is 0.197 e. The SMILES string of the molecule is CC1(C)c2ccccc2N2c3cc4oc5ccccc5c4c(-c4ccc(-c5ccccc5)cc4Nc4cccc5c4sc4ccccc45)c3[B]c3cccc1c32. The van der Waals surface area contributed by atoms with E-state index in [0.717, 1.165) is 55.7 Å². The molecule has 10 aromatic rings. The molecule has 4 heterocycles. The zero-order valence-electron chi connectivity index (χ0n) is 30.9. The van der Waals surface area contributed by atoms with Crippen molar-refractivity contribution in [3.63, 3.8) is 0 Å². The van der Waals surface area contributed by atoms with E-state index in [1.54, 1.807) is 0 Å². The van der Waals surface area contributed by atoms with Crippen molar-refractivity contribution in [2.45, 2.75) is 19.3 Å². The lowest BCUT2D eigenvalue weighted by Crippen LogP contribution is -2.45. The summed E-state index contributed by atoms with van der Waals surface area (Å²) in [6.45, 7) is 4.71. The van der Waals surface area contributed by atoms with Crippen LogP contribution in [-0.4, -0.2) is 7.28 Å². The average Bonchev–Trinajstić information content (AvgIpc) is 3.81. The number of fused-ring (bicyclic) bond motifs is 10. The standard InChI is InChI=1S/C51H34BN2OS/c1-51(2)36-19-8-9-23-41(36)54-42-29-44-46(35-17-6-10-24-43(35)55-44)47(48(42)52-38-21-13-20-37(51)49(38)54)34-27-26-31(30-14-4-3-5-15-30)28-40(34)53-39-22-12-18-33-32-16-7-11-25-45(32)56-50(33)39/h3-29,53H,1-2H3. The molecule has 0 bridgehead atoms. The Hall–Kier alpha value is -6.56. The summed E-state index contributed by atoms with van der Waals surface area (Å²) in [7, 11) is 2.42. The number of furan rings is 1. The molecule has 2 aromatic heterocycles. The van der Waals surface area contributed by atoms with Gasteiger partial charge in [-0.05, 0) is 63.6 Å². The van der Waals surface area contributed by atoms with Crippen LogP contribution in [0.3, 0.4) is 0 Å². The van der Waals surface area contributed by atoms with Gasteiger partial charge in [-0.25, -0.2) is 0 Å². The first-order valence-corrected chi connectivity index (χ1v) is 20.1. The molecular weight excluding hydrogens is 699 g/mol. The summed E-state index contributed by atoms with van der Waals surface area (Å²) in [6.07, 6.45) is 0. The lowest BCUT2D eigenvalue weighted by atomic mass is 9.55. The zero-order chi connectivity index (χ0) is 37.1. The van der Waals surface area contributed by atoms with Crippen LogP contribution in [0.2, 0.25) is 0 Å². The van der Waals surface area contributed by atoms with Gasteiger partial charge < -0.3 is 14.6 Å². The summed E-state index contributed by atoms with van der Waals surface area (Å²) in [4.78, 5) is 2.50.